The molecule has 7 heavy (non-hydrogen) atoms. The molecule has 0 fully saturated rings. The van der Waals surface area contributed by atoms with E-state index in [1.54, 1.807) is 0 Å². The SMILES string of the molecule is OP(O)(O)=S.[H-].[Li+].[Ti]. The molecule has 0 radical (unpaired) electrons. The van der Waals surface area contributed by atoms with Crippen molar-refractivity contribution in [3.05, 3.63) is 0 Å². The molecule has 0 saturated heterocycles. The van der Waals surface area contributed by atoms with Gasteiger partial charge in [-0.05, 0) is 11.8 Å². The molecule has 0 amide bonds. The Bertz CT molecular complexity index is 65.4. The van der Waals surface area contributed by atoms with Crippen LogP contribution in [0.1, 0.15) is 1.43 Å². The summed E-state index contributed by atoms with van der Waals surface area (Å²) in [6.45, 7) is -3.81. The Morgan fingerprint density at radius 2 is 1.29 bits per heavy atom. The Kier molecular flexibility index (Phi) is 13.6. The molecule has 0 bridgehead atoms. The number of hydrogen-bond donors (Lipinski definition) is 3. The molecule has 0 aromatic carbocycles. The molecular formula is H4LiO3PSTi. The zero-order valence-electron chi connectivity index (χ0n) is 4.70. The van der Waals surface area contributed by atoms with Gasteiger partial charge in [-0.1, -0.05) is 0 Å². The van der Waals surface area contributed by atoms with E-state index in [4.69, 9.17) is 14.7 Å². The minimum atomic E-state index is -3.81. The zero-order chi connectivity index (χ0) is 4.50. The van der Waals surface area contributed by atoms with Crippen LogP contribution in [0.2, 0.25) is 0 Å². The topological polar surface area (TPSA) is 60.7 Å². The van der Waals surface area contributed by atoms with Gasteiger partial charge < -0.3 is 16.1 Å². The van der Waals surface area contributed by atoms with E-state index in [0.717, 1.165) is 0 Å². The van der Waals surface area contributed by atoms with E-state index in [2.05, 4.69) is 11.8 Å². The van der Waals surface area contributed by atoms with Crippen molar-refractivity contribution in [2.75, 3.05) is 0 Å². The molecule has 0 spiro atoms. The van der Waals surface area contributed by atoms with E-state index in [9.17, 15) is 0 Å². The number of hydrogen-bond acceptors (Lipinski definition) is 1. The van der Waals surface area contributed by atoms with Gasteiger partial charge in [0.15, 0.2) is 0 Å². The van der Waals surface area contributed by atoms with Crippen LogP contribution in [0.15, 0.2) is 0 Å². The molecule has 3 N–H and O–H groups in total. The molecule has 0 rings (SSSR count). The van der Waals surface area contributed by atoms with Gasteiger partial charge in [-0.3, -0.25) is 0 Å². The maximum absolute atomic E-state index is 7.56. The summed E-state index contributed by atoms with van der Waals surface area (Å²) in [5, 5.41) is 0. The first kappa shape index (κ1) is 15.9. The fourth-order valence-corrected chi connectivity index (χ4v) is 0. The van der Waals surface area contributed by atoms with E-state index in [1.165, 1.54) is 0 Å². The van der Waals surface area contributed by atoms with Gasteiger partial charge in [-0.15, -0.1) is 0 Å². The van der Waals surface area contributed by atoms with E-state index in [0.29, 0.717) is 0 Å². The molecular weight excluding hydrogens is 166 g/mol. The summed E-state index contributed by atoms with van der Waals surface area (Å²) >= 11 is 3.60. The van der Waals surface area contributed by atoms with Gasteiger partial charge in [0.2, 0.25) is 0 Å². The average Bonchev–Trinajstić information content (AvgIpc) is 0.722. The maximum atomic E-state index is 7.56. The summed E-state index contributed by atoms with van der Waals surface area (Å²) in [6.07, 6.45) is 0. The monoisotopic (exact) mass is 170 g/mol. The van der Waals surface area contributed by atoms with Crippen molar-refractivity contribution in [1.29, 1.82) is 0 Å². The quantitative estimate of drug-likeness (QED) is 0.258. The third-order valence-electron chi connectivity index (χ3n) is 0. The third kappa shape index (κ3) is 78.9. The molecule has 3 nitrogen and oxygen atoms in total. The van der Waals surface area contributed by atoms with Crippen molar-refractivity contribution in [2.24, 2.45) is 0 Å². The summed E-state index contributed by atoms with van der Waals surface area (Å²) in [4.78, 5) is 22.7. The average molecular weight is 170 g/mol. The zero-order valence-corrected chi connectivity index (χ0v) is 6.97. The minimum absolute atomic E-state index is 0. The van der Waals surface area contributed by atoms with Crippen LogP contribution in [0.25, 0.3) is 0 Å². The normalized spacial score (nSPS) is 8.43. The van der Waals surface area contributed by atoms with Crippen LogP contribution >= 0.6 is 6.72 Å². The molecule has 0 aromatic rings. The second-order valence-electron chi connectivity index (χ2n) is 0.513. The molecule has 0 atom stereocenters. The predicted molar refractivity (Wildman–Crippen MR) is 22.1 cm³/mol. The first-order valence-electron chi connectivity index (χ1n) is 0.783. The first-order chi connectivity index (χ1) is 2.00. The first-order valence-corrected chi connectivity index (χ1v) is 3.44. The summed E-state index contributed by atoms with van der Waals surface area (Å²) in [5.74, 6) is 0. The molecule has 38 valence electrons. The van der Waals surface area contributed by atoms with Crippen LogP contribution in [0.4, 0.5) is 0 Å². The molecule has 0 aliphatic rings. The van der Waals surface area contributed by atoms with Crippen LogP contribution in [0, 0.1) is 0 Å². The van der Waals surface area contributed by atoms with Gasteiger partial charge in [0.05, 0.1) is 0 Å². The Morgan fingerprint density at radius 3 is 1.29 bits per heavy atom. The second-order valence-corrected chi connectivity index (χ2v) is 3.01. The molecule has 7 heteroatoms. The van der Waals surface area contributed by atoms with Crippen LogP contribution in [0.5, 0.6) is 0 Å². The molecule has 0 saturated carbocycles. The van der Waals surface area contributed by atoms with E-state index < -0.39 is 6.72 Å². The fourth-order valence-electron chi connectivity index (χ4n) is 0. The van der Waals surface area contributed by atoms with Gasteiger partial charge >= 0.3 is 25.6 Å². The summed E-state index contributed by atoms with van der Waals surface area (Å²) < 4.78 is 0. The molecule has 0 unspecified atom stereocenters. The summed E-state index contributed by atoms with van der Waals surface area (Å²) in [7, 11) is 0. The fraction of sp³-hybridized carbons (Fsp3) is 0. The smallest absolute Gasteiger partial charge is 1.00 e. The Labute approximate surface area is 74.9 Å². The van der Waals surface area contributed by atoms with Crippen LogP contribution in [-0.4, -0.2) is 14.7 Å². The standard InChI is InChI=1S/Li.H3O3PS.Ti.H/c;1-4(2,3)5;;/h;(H3,1,2,3,5);;/q+1;;;-1. The van der Waals surface area contributed by atoms with Crippen molar-refractivity contribution >= 4 is 18.5 Å². The van der Waals surface area contributed by atoms with Gasteiger partial charge in [-0.2, -0.15) is 0 Å². The third-order valence-corrected chi connectivity index (χ3v) is 0. The largest absolute Gasteiger partial charge is 1.00 e. The van der Waals surface area contributed by atoms with E-state index >= 15 is 0 Å². The van der Waals surface area contributed by atoms with E-state index in [1.807, 2.05) is 0 Å². The predicted octanol–water partition coefficient (Wildman–Crippen LogP) is -3.70. The van der Waals surface area contributed by atoms with Crippen LogP contribution in [0.3, 0.4) is 0 Å². The van der Waals surface area contributed by atoms with Gasteiger partial charge in [0, 0.05) is 21.7 Å². The Hall–Kier alpha value is 1.84. The summed E-state index contributed by atoms with van der Waals surface area (Å²) in [6, 6.07) is 0. The van der Waals surface area contributed by atoms with Gasteiger partial charge in [-0.25, -0.2) is 0 Å². The van der Waals surface area contributed by atoms with Crippen molar-refractivity contribution in [3.8, 4) is 0 Å². The summed E-state index contributed by atoms with van der Waals surface area (Å²) in [5.41, 5.74) is 0. The van der Waals surface area contributed by atoms with Gasteiger partial charge in [0.25, 0.3) is 0 Å². The van der Waals surface area contributed by atoms with Crippen molar-refractivity contribution in [3.63, 3.8) is 0 Å². The molecule has 0 aliphatic carbocycles. The number of rotatable bonds is 0. The van der Waals surface area contributed by atoms with Crippen LogP contribution < -0.4 is 18.9 Å². The van der Waals surface area contributed by atoms with Gasteiger partial charge in [0.1, 0.15) is 0 Å². The van der Waals surface area contributed by atoms with Crippen molar-refractivity contribution in [2.45, 2.75) is 0 Å². The Balaban J connectivity index is -0.0000000267. The Morgan fingerprint density at radius 1 is 1.29 bits per heavy atom. The molecule has 0 aromatic heterocycles. The molecule has 0 heterocycles. The maximum Gasteiger partial charge on any atom is 1.00 e. The van der Waals surface area contributed by atoms with Crippen molar-refractivity contribution < 1.29 is 56.7 Å². The van der Waals surface area contributed by atoms with Crippen LogP contribution in [-0.2, 0) is 33.5 Å². The minimum Gasteiger partial charge on any atom is -1.00 e. The van der Waals surface area contributed by atoms with E-state index in [-0.39, 0.29) is 42.0 Å². The second kappa shape index (κ2) is 5.97. The molecule has 0 aliphatic heterocycles. The van der Waals surface area contributed by atoms with Crippen molar-refractivity contribution in [1.82, 2.24) is 0 Å².